The summed E-state index contributed by atoms with van der Waals surface area (Å²) in [6.45, 7) is 3.04. The van der Waals surface area contributed by atoms with E-state index in [1.165, 1.54) is 12.1 Å². The van der Waals surface area contributed by atoms with E-state index >= 15 is 0 Å². The zero-order valence-electron chi connectivity index (χ0n) is 18.8. The quantitative estimate of drug-likeness (QED) is 0.270. The van der Waals surface area contributed by atoms with E-state index in [1.54, 1.807) is 15.6 Å². The third-order valence-electron chi connectivity index (χ3n) is 6.20. The molecule has 4 aromatic rings. The van der Waals surface area contributed by atoms with Gasteiger partial charge in [-0.15, -0.1) is 5.10 Å². The van der Waals surface area contributed by atoms with E-state index in [-0.39, 0.29) is 12.6 Å². The molecule has 5 heterocycles. The number of rotatable bonds is 6. The summed E-state index contributed by atoms with van der Waals surface area (Å²) in [7, 11) is 0. The molecule has 12 heteroatoms. The van der Waals surface area contributed by atoms with Gasteiger partial charge in [0.05, 0.1) is 40.0 Å². The van der Waals surface area contributed by atoms with E-state index in [4.69, 9.17) is 10.00 Å². The van der Waals surface area contributed by atoms with Crippen LogP contribution in [0.15, 0.2) is 36.8 Å². The van der Waals surface area contributed by atoms with Gasteiger partial charge >= 0.3 is 0 Å². The van der Waals surface area contributed by atoms with Crippen LogP contribution >= 0.6 is 22.6 Å². The summed E-state index contributed by atoms with van der Waals surface area (Å²) in [6.07, 6.45) is 7.75. The predicted octanol–water partition coefficient (Wildman–Crippen LogP) is 3.27. The highest BCUT2D eigenvalue weighted by molar-refractivity contribution is 14.1. The number of ether oxygens (including phenoxy) is 1. The summed E-state index contributed by atoms with van der Waals surface area (Å²) >= 11 is 2.18. The van der Waals surface area contributed by atoms with Crippen LogP contribution in [0.2, 0.25) is 0 Å². The van der Waals surface area contributed by atoms with E-state index in [2.05, 4.69) is 49.2 Å². The molecule has 0 radical (unpaired) electrons. The fourth-order valence-electron chi connectivity index (χ4n) is 4.35. The first-order valence-electron chi connectivity index (χ1n) is 11.1. The second kappa shape index (κ2) is 9.74. The van der Waals surface area contributed by atoms with Gasteiger partial charge in [0.15, 0.2) is 12.3 Å². The van der Waals surface area contributed by atoms with Gasteiger partial charge in [-0.2, -0.15) is 10.4 Å². The lowest BCUT2D eigenvalue weighted by Crippen LogP contribution is -2.31. The second-order valence-electron chi connectivity index (χ2n) is 8.36. The molecule has 1 unspecified atom stereocenters. The molecule has 0 amide bonds. The van der Waals surface area contributed by atoms with E-state index in [1.807, 2.05) is 23.9 Å². The number of aromatic nitrogens is 6. The first-order chi connectivity index (χ1) is 17.0. The monoisotopic (exact) mass is 588 g/mol. The van der Waals surface area contributed by atoms with Crippen LogP contribution in [0.25, 0.3) is 16.8 Å². The first-order valence-corrected chi connectivity index (χ1v) is 12.2. The highest BCUT2D eigenvalue weighted by Gasteiger charge is 2.25. The fraction of sp³-hybridized carbons (Fsp3) is 0.348. The summed E-state index contributed by atoms with van der Waals surface area (Å²) in [5.41, 5.74) is 3.52. The molecular weight excluding hydrogens is 566 g/mol. The number of hydrogen-bond donors (Lipinski definition) is 1. The average Bonchev–Trinajstić information content (AvgIpc) is 3.45. The first kappa shape index (κ1) is 23.4. The SMILES string of the molecule is Cc1c(-c2cc(OC(CO)c3ccc(F)cn3)c3c(I)cnn3c2)nnn1C1CCN(C#N)CC1. The number of halogens is 2. The number of aliphatic hydroxyl groups is 1. The van der Waals surface area contributed by atoms with Crippen LogP contribution in [0.1, 0.15) is 36.4 Å². The van der Waals surface area contributed by atoms with E-state index in [9.17, 15) is 9.50 Å². The van der Waals surface area contributed by atoms with Crippen molar-refractivity contribution >= 4 is 28.1 Å². The average molecular weight is 588 g/mol. The van der Waals surface area contributed by atoms with Gasteiger partial charge in [0.1, 0.15) is 22.8 Å². The van der Waals surface area contributed by atoms with Gasteiger partial charge in [0.25, 0.3) is 0 Å². The number of nitriles is 1. The van der Waals surface area contributed by atoms with Crippen molar-refractivity contribution in [1.29, 1.82) is 5.26 Å². The summed E-state index contributed by atoms with van der Waals surface area (Å²) < 4.78 is 24.1. The highest BCUT2D eigenvalue weighted by atomic mass is 127. The van der Waals surface area contributed by atoms with Crippen molar-refractivity contribution in [2.24, 2.45) is 0 Å². The Hall–Kier alpha value is -3.31. The molecule has 5 rings (SSSR count). The number of fused-ring (bicyclic) bond motifs is 1. The molecule has 1 atom stereocenters. The largest absolute Gasteiger partial charge is 0.479 e. The number of hydrogen-bond acceptors (Lipinski definition) is 8. The smallest absolute Gasteiger partial charge is 0.179 e. The molecular formula is C23H22FIN8O2. The van der Waals surface area contributed by atoms with Gasteiger partial charge in [-0.1, -0.05) is 5.21 Å². The van der Waals surface area contributed by atoms with E-state index in [0.29, 0.717) is 30.2 Å². The number of aliphatic hydroxyl groups excluding tert-OH is 1. The van der Waals surface area contributed by atoms with Crippen LogP contribution < -0.4 is 4.74 Å². The standard InChI is InChI=1S/C23H22FIN8O2/c1-14-22(29-30-33(14)17-4-6-31(13-26)7-5-17)15-8-20(23-18(25)10-28-32(23)11-15)35-21(12-34)19-3-2-16(24)9-27-19/h2-3,8-11,17,21,34H,4-7,12H2,1H3. The van der Waals surface area contributed by atoms with Crippen molar-refractivity contribution in [2.45, 2.75) is 31.9 Å². The molecule has 0 aromatic carbocycles. The Balaban J connectivity index is 1.50. The van der Waals surface area contributed by atoms with E-state index in [0.717, 1.165) is 39.4 Å². The molecule has 1 saturated heterocycles. The Kier molecular flexibility index (Phi) is 6.52. The van der Waals surface area contributed by atoms with Crippen LogP contribution in [0, 0.1) is 27.8 Å². The molecule has 1 aliphatic rings. The predicted molar refractivity (Wildman–Crippen MR) is 132 cm³/mol. The fourth-order valence-corrected chi connectivity index (χ4v) is 4.99. The summed E-state index contributed by atoms with van der Waals surface area (Å²) in [5, 5.41) is 32.4. The van der Waals surface area contributed by atoms with Crippen LogP contribution in [-0.4, -0.2) is 59.3 Å². The summed E-state index contributed by atoms with van der Waals surface area (Å²) in [5.74, 6) is 0.0304. The number of pyridine rings is 2. The third kappa shape index (κ3) is 4.53. The van der Waals surface area contributed by atoms with Crippen molar-refractivity contribution in [3.05, 3.63) is 57.6 Å². The van der Waals surface area contributed by atoms with Gasteiger partial charge in [0.2, 0.25) is 0 Å². The van der Waals surface area contributed by atoms with Crippen LogP contribution in [0.5, 0.6) is 5.75 Å². The lowest BCUT2D eigenvalue weighted by molar-refractivity contribution is 0.114. The lowest BCUT2D eigenvalue weighted by Gasteiger charge is -2.28. The number of likely N-dealkylation sites (tertiary alicyclic amines) is 1. The molecule has 4 aromatic heterocycles. The van der Waals surface area contributed by atoms with E-state index < -0.39 is 11.9 Å². The van der Waals surface area contributed by atoms with Gasteiger partial charge in [-0.05, 0) is 60.6 Å². The number of nitrogens with zero attached hydrogens (tertiary/aromatic N) is 8. The van der Waals surface area contributed by atoms with Crippen molar-refractivity contribution in [3.63, 3.8) is 0 Å². The third-order valence-corrected chi connectivity index (χ3v) is 6.99. The second-order valence-corrected chi connectivity index (χ2v) is 9.52. The molecule has 1 N–H and O–H groups in total. The molecule has 1 aliphatic heterocycles. The van der Waals surface area contributed by atoms with Crippen LogP contribution in [-0.2, 0) is 0 Å². The minimum absolute atomic E-state index is 0.175. The minimum Gasteiger partial charge on any atom is -0.479 e. The molecule has 0 saturated carbocycles. The number of piperidine rings is 1. The molecule has 0 aliphatic carbocycles. The van der Waals surface area contributed by atoms with Gasteiger partial charge in [-0.3, -0.25) is 4.98 Å². The lowest BCUT2D eigenvalue weighted by atomic mass is 10.0. The normalized spacial score (nSPS) is 15.3. The maximum absolute atomic E-state index is 13.3. The molecule has 1 fully saturated rings. The van der Waals surface area contributed by atoms with Gasteiger partial charge in [0, 0.05) is 24.8 Å². The Morgan fingerprint density at radius 2 is 2.11 bits per heavy atom. The van der Waals surface area contributed by atoms with Gasteiger partial charge < -0.3 is 14.7 Å². The Morgan fingerprint density at radius 3 is 2.80 bits per heavy atom. The highest BCUT2D eigenvalue weighted by Crippen LogP contribution is 2.34. The van der Waals surface area contributed by atoms with Crippen LogP contribution in [0.3, 0.4) is 0 Å². The maximum Gasteiger partial charge on any atom is 0.179 e. The molecule has 10 nitrogen and oxygen atoms in total. The van der Waals surface area contributed by atoms with Crippen molar-refractivity contribution in [1.82, 2.24) is 34.5 Å². The molecule has 0 spiro atoms. The minimum atomic E-state index is -0.789. The molecule has 0 bridgehead atoms. The zero-order valence-corrected chi connectivity index (χ0v) is 21.0. The van der Waals surface area contributed by atoms with Crippen molar-refractivity contribution in [2.75, 3.05) is 19.7 Å². The Labute approximate surface area is 214 Å². The molecule has 180 valence electrons. The van der Waals surface area contributed by atoms with Crippen molar-refractivity contribution in [3.8, 4) is 23.2 Å². The summed E-state index contributed by atoms with van der Waals surface area (Å²) in [6, 6.07) is 4.80. The Morgan fingerprint density at radius 1 is 1.31 bits per heavy atom. The van der Waals surface area contributed by atoms with Gasteiger partial charge in [-0.25, -0.2) is 13.6 Å². The molecule has 35 heavy (non-hydrogen) atoms. The summed E-state index contributed by atoms with van der Waals surface area (Å²) in [4.78, 5) is 5.82. The maximum atomic E-state index is 13.3. The zero-order chi connectivity index (χ0) is 24.5. The topological polar surface area (TPSA) is 117 Å². The van der Waals surface area contributed by atoms with Crippen LogP contribution in [0.4, 0.5) is 4.39 Å². The Bertz CT molecular complexity index is 1390. The van der Waals surface area contributed by atoms with Crippen molar-refractivity contribution < 1.29 is 14.2 Å².